The number of amides is 1. The van der Waals surface area contributed by atoms with E-state index in [9.17, 15) is 4.79 Å². The summed E-state index contributed by atoms with van der Waals surface area (Å²) in [5.41, 5.74) is 0.988. The summed E-state index contributed by atoms with van der Waals surface area (Å²) in [4.78, 5) is 13.6. The molecule has 0 aliphatic heterocycles. The minimum atomic E-state index is -0.545. The second kappa shape index (κ2) is 7.41. The fraction of sp³-hybridized carbons (Fsp3) is 0.188. The van der Waals surface area contributed by atoms with Gasteiger partial charge in [0.1, 0.15) is 0 Å². The van der Waals surface area contributed by atoms with Gasteiger partial charge >= 0.3 is 0 Å². The Morgan fingerprint density at radius 1 is 1.38 bits per heavy atom. The molecule has 2 aromatic rings. The second-order valence-corrected chi connectivity index (χ2v) is 6.13. The van der Waals surface area contributed by atoms with Gasteiger partial charge in [-0.15, -0.1) is 11.3 Å². The molecule has 2 N–H and O–H groups in total. The third kappa shape index (κ3) is 4.70. The van der Waals surface area contributed by atoms with E-state index in [-0.39, 0.29) is 12.5 Å². The van der Waals surface area contributed by atoms with Gasteiger partial charge in [-0.3, -0.25) is 4.79 Å². The van der Waals surface area contributed by atoms with Crippen molar-refractivity contribution in [3.8, 4) is 10.4 Å². The van der Waals surface area contributed by atoms with E-state index in [0.717, 1.165) is 15.3 Å². The Kier molecular flexibility index (Phi) is 5.56. The molecule has 1 amide bonds. The average molecular weight is 322 g/mol. The van der Waals surface area contributed by atoms with Crippen LogP contribution >= 0.6 is 22.9 Å². The molecule has 0 radical (unpaired) electrons. The smallest absolute Gasteiger partial charge is 0.244 e. The van der Waals surface area contributed by atoms with Crippen molar-refractivity contribution in [1.82, 2.24) is 5.32 Å². The molecule has 0 saturated carbocycles. The number of aliphatic hydroxyl groups is 1. The van der Waals surface area contributed by atoms with Crippen LogP contribution in [0.25, 0.3) is 16.5 Å². The number of rotatable bonds is 5. The molecular weight excluding hydrogens is 306 g/mol. The van der Waals surface area contributed by atoms with Crippen LogP contribution < -0.4 is 5.32 Å². The Bertz CT molecular complexity index is 649. The number of halogens is 1. The lowest BCUT2D eigenvalue weighted by Gasteiger charge is -2.03. The fourth-order valence-corrected chi connectivity index (χ4v) is 2.96. The lowest BCUT2D eigenvalue weighted by atomic mass is 10.2. The van der Waals surface area contributed by atoms with Crippen molar-refractivity contribution in [2.24, 2.45) is 0 Å². The Labute approximate surface area is 132 Å². The standard InChI is InChI=1S/C16H16ClNO2S/c1-11(19)10-18-16(20)9-7-12-6-8-15(21-12)13-4-2-3-5-14(13)17/h2-9,11,19H,10H2,1H3,(H,18,20)/b9-7+. The molecule has 1 aromatic carbocycles. The van der Waals surface area contributed by atoms with Crippen LogP contribution in [0.1, 0.15) is 11.8 Å². The Balaban J connectivity index is 2.04. The van der Waals surface area contributed by atoms with E-state index in [1.807, 2.05) is 36.4 Å². The number of aliphatic hydroxyl groups excluding tert-OH is 1. The first kappa shape index (κ1) is 15.8. The van der Waals surface area contributed by atoms with Crippen LogP contribution in [0.2, 0.25) is 5.02 Å². The SMILES string of the molecule is CC(O)CNC(=O)/C=C/c1ccc(-c2ccccc2Cl)s1. The lowest BCUT2D eigenvalue weighted by Crippen LogP contribution is -2.28. The first-order valence-corrected chi connectivity index (χ1v) is 7.74. The molecule has 0 bridgehead atoms. The minimum absolute atomic E-state index is 0.219. The molecule has 110 valence electrons. The number of carbonyl (C=O) groups is 1. The second-order valence-electron chi connectivity index (χ2n) is 4.61. The molecule has 1 aromatic heterocycles. The first-order chi connectivity index (χ1) is 10.1. The van der Waals surface area contributed by atoms with Gasteiger partial charge in [0.05, 0.1) is 6.10 Å². The Hall–Kier alpha value is -1.62. The van der Waals surface area contributed by atoms with E-state index in [4.69, 9.17) is 16.7 Å². The molecular formula is C16H16ClNO2S. The molecule has 0 aliphatic rings. The van der Waals surface area contributed by atoms with Crippen molar-refractivity contribution in [3.63, 3.8) is 0 Å². The van der Waals surface area contributed by atoms with E-state index in [1.54, 1.807) is 24.3 Å². The molecule has 1 heterocycles. The van der Waals surface area contributed by atoms with Gasteiger partial charge in [0.2, 0.25) is 5.91 Å². The summed E-state index contributed by atoms with van der Waals surface area (Å²) < 4.78 is 0. The maximum Gasteiger partial charge on any atom is 0.244 e. The molecule has 3 nitrogen and oxygen atoms in total. The molecule has 21 heavy (non-hydrogen) atoms. The van der Waals surface area contributed by atoms with Crippen LogP contribution in [0, 0.1) is 0 Å². The summed E-state index contributed by atoms with van der Waals surface area (Å²) in [7, 11) is 0. The number of nitrogens with one attached hydrogen (secondary N) is 1. The fourth-order valence-electron chi connectivity index (χ4n) is 1.71. The summed E-state index contributed by atoms with van der Waals surface area (Å²) in [5.74, 6) is -0.219. The van der Waals surface area contributed by atoms with Crippen LogP contribution in [-0.2, 0) is 4.79 Å². The molecule has 1 unspecified atom stereocenters. The van der Waals surface area contributed by atoms with Crippen LogP contribution in [0.5, 0.6) is 0 Å². The third-order valence-corrected chi connectivity index (χ3v) is 4.15. The van der Waals surface area contributed by atoms with E-state index in [2.05, 4.69) is 5.32 Å². The largest absolute Gasteiger partial charge is 0.392 e. The summed E-state index contributed by atoms with van der Waals surface area (Å²) in [6.45, 7) is 1.87. The molecule has 0 spiro atoms. The van der Waals surface area contributed by atoms with Crippen molar-refractivity contribution in [2.45, 2.75) is 13.0 Å². The highest BCUT2D eigenvalue weighted by Crippen LogP contribution is 2.33. The van der Waals surface area contributed by atoms with Crippen LogP contribution in [0.4, 0.5) is 0 Å². The Morgan fingerprint density at radius 2 is 2.14 bits per heavy atom. The zero-order chi connectivity index (χ0) is 15.2. The van der Waals surface area contributed by atoms with Gasteiger partial charge in [-0.25, -0.2) is 0 Å². The summed E-state index contributed by atoms with van der Waals surface area (Å²) in [6.07, 6.45) is 2.67. The zero-order valence-corrected chi connectivity index (χ0v) is 13.1. The van der Waals surface area contributed by atoms with Gasteiger partial charge < -0.3 is 10.4 Å². The quantitative estimate of drug-likeness (QED) is 0.827. The van der Waals surface area contributed by atoms with Crippen LogP contribution in [-0.4, -0.2) is 23.7 Å². The van der Waals surface area contributed by atoms with Crippen molar-refractivity contribution in [3.05, 3.63) is 52.4 Å². The summed E-state index contributed by atoms with van der Waals surface area (Å²) in [5, 5.41) is 12.4. The van der Waals surface area contributed by atoms with E-state index in [0.29, 0.717) is 5.02 Å². The topological polar surface area (TPSA) is 49.3 Å². The molecule has 1 atom stereocenters. The lowest BCUT2D eigenvalue weighted by molar-refractivity contribution is -0.116. The van der Waals surface area contributed by atoms with E-state index in [1.165, 1.54) is 6.08 Å². The minimum Gasteiger partial charge on any atom is -0.392 e. The number of carbonyl (C=O) groups excluding carboxylic acids is 1. The van der Waals surface area contributed by atoms with Gasteiger partial charge in [0.25, 0.3) is 0 Å². The molecule has 0 aliphatic carbocycles. The van der Waals surface area contributed by atoms with Crippen molar-refractivity contribution in [1.29, 1.82) is 0 Å². The normalized spacial score (nSPS) is 12.5. The van der Waals surface area contributed by atoms with Gasteiger partial charge in [-0.1, -0.05) is 29.8 Å². The van der Waals surface area contributed by atoms with Crippen LogP contribution in [0.15, 0.2) is 42.5 Å². The number of hydrogen-bond donors (Lipinski definition) is 2. The van der Waals surface area contributed by atoms with Gasteiger partial charge in [0, 0.05) is 33.0 Å². The van der Waals surface area contributed by atoms with Crippen molar-refractivity contribution in [2.75, 3.05) is 6.54 Å². The maximum atomic E-state index is 11.5. The molecule has 2 rings (SSSR count). The van der Waals surface area contributed by atoms with E-state index < -0.39 is 6.10 Å². The number of thiophene rings is 1. The predicted molar refractivity (Wildman–Crippen MR) is 88.5 cm³/mol. The highest BCUT2D eigenvalue weighted by molar-refractivity contribution is 7.16. The number of benzene rings is 1. The van der Waals surface area contributed by atoms with Crippen molar-refractivity contribution >= 4 is 34.9 Å². The predicted octanol–water partition coefficient (Wildman–Crippen LogP) is 3.58. The summed E-state index contributed by atoms with van der Waals surface area (Å²) >= 11 is 7.73. The van der Waals surface area contributed by atoms with Gasteiger partial charge in [0.15, 0.2) is 0 Å². The Morgan fingerprint density at radius 3 is 2.86 bits per heavy atom. The third-order valence-electron chi connectivity index (χ3n) is 2.74. The summed E-state index contributed by atoms with van der Waals surface area (Å²) in [6, 6.07) is 11.6. The zero-order valence-electron chi connectivity index (χ0n) is 11.5. The van der Waals surface area contributed by atoms with Crippen LogP contribution in [0.3, 0.4) is 0 Å². The van der Waals surface area contributed by atoms with Crippen molar-refractivity contribution < 1.29 is 9.90 Å². The number of hydrogen-bond acceptors (Lipinski definition) is 3. The van der Waals surface area contributed by atoms with Gasteiger partial charge in [-0.05, 0) is 31.2 Å². The first-order valence-electron chi connectivity index (χ1n) is 6.55. The molecule has 5 heteroatoms. The maximum absolute atomic E-state index is 11.5. The molecule has 0 saturated heterocycles. The van der Waals surface area contributed by atoms with Gasteiger partial charge in [-0.2, -0.15) is 0 Å². The highest BCUT2D eigenvalue weighted by atomic mass is 35.5. The molecule has 0 fully saturated rings. The van der Waals surface area contributed by atoms with E-state index >= 15 is 0 Å². The average Bonchev–Trinajstić information content (AvgIpc) is 2.92. The highest BCUT2D eigenvalue weighted by Gasteiger charge is 2.05. The monoisotopic (exact) mass is 321 g/mol.